The summed E-state index contributed by atoms with van der Waals surface area (Å²) in [6, 6.07) is 16.7. The number of benzene rings is 2. The molecule has 1 nitrogen and oxygen atoms in total. The zero-order valence-corrected chi connectivity index (χ0v) is 12.9. The molecule has 0 saturated heterocycles. The third-order valence-corrected chi connectivity index (χ3v) is 5.00. The molecule has 3 rings (SSSR count). The normalized spacial score (nSPS) is 24.6. The van der Waals surface area contributed by atoms with Crippen molar-refractivity contribution >= 4 is 23.2 Å². The first kappa shape index (κ1) is 13.9. The topological polar surface area (TPSA) is 12.0 Å². The maximum absolute atomic E-state index is 6.15. The molecule has 1 fully saturated rings. The van der Waals surface area contributed by atoms with E-state index in [1.807, 2.05) is 19.2 Å². The summed E-state index contributed by atoms with van der Waals surface area (Å²) in [5.74, 6) is 0.507. The van der Waals surface area contributed by atoms with Crippen molar-refractivity contribution in [3.8, 4) is 0 Å². The van der Waals surface area contributed by atoms with Crippen molar-refractivity contribution in [3.05, 3.63) is 69.7 Å². The summed E-state index contributed by atoms with van der Waals surface area (Å²) in [6.07, 6.45) is 1.15. The van der Waals surface area contributed by atoms with Crippen LogP contribution in [0.25, 0.3) is 0 Å². The highest BCUT2D eigenvalue weighted by Crippen LogP contribution is 2.60. The molecule has 1 saturated carbocycles. The van der Waals surface area contributed by atoms with Gasteiger partial charge in [0.25, 0.3) is 0 Å². The lowest BCUT2D eigenvalue weighted by Crippen LogP contribution is -2.25. The standard InChI is InChI=1S/C17H17Cl2N/c1-20-11-17(13-5-3-2-4-6-13)10-14(17)12-7-8-15(18)16(19)9-12/h2-9,14,20H,10-11H2,1H3/t14?,17-/m0/s1. The Kier molecular flexibility index (Phi) is 3.76. The Balaban J connectivity index is 1.94. The zero-order chi connectivity index (χ0) is 14.2. The van der Waals surface area contributed by atoms with E-state index in [0.717, 1.165) is 13.0 Å². The van der Waals surface area contributed by atoms with Gasteiger partial charge >= 0.3 is 0 Å². The summed E-state index contributed by atoms with van der Waals surface area (Å²) in [5.41, 5.74) is 2.86. The maximum atomic E-state index is 6.15. The van der Waals surface area contributed by atoms with Gasteiger partial charge in [0.15, 0.2) is 0 Å². The van der Waals surface area contributed by atoms with E-state index in [2.05, 4.69) is 41.7 Å². The lowest BCUT2D eigenvalue weighted by atomic mass is 9.90. The van der Waals surface area contributed by atoms with Crippen LogP contribution in [0.1, 0.15) is 23.5 Å². The highest BCUT2D eigenvalue weighted by Gasteiger charge is 2.55. The lowest BCUT2D eigenvalue weighted by Gasteiger charge is -2.18. The van der Waals surface area contributed by atoms with Crippen molar-refractivity contribution in [2.24, 2.45) is 0 Å². The summed E-state index contributed by atoms with van der Waals surface area (Å²) < 4.78 is 0. The minimum Gasteiger partial charge on any atom is -0.319 e. The van der Waals surface area contributed by atoms with Crippen LogP contribution in [0, 0.1) is 0 Å². The first-order chi connectivity index (χ1) is 9.67. The predicted molar refractivity (Wildman–Crippen MR) is 85.9 cm³/mol. The molecule has 2 aromatic carbocycles. The summed E-state index contributed by atoms with van der Waals surface area (Å²) in [6.45, 7) is 0.974. The molecule has 0 amide bonds. The first-order valence-corrected chi connectivity index (χ1v) is 7.58. The van der Waals surface area contributed by atoms with Gasteiger partial charge in [-0.15, -0.1) is 0 Å². The van der Waals surface area contributed by atoms with E-state index >= 15 is 0 Å². The number of rotatable bonds is 4. The molecule has 1 N–H and O–H groups in total. The van der Waals surface area contributed by atoms with Gasteiger partial charge in [-0.2, -0.15) is 0 Å². The number of hydrogen-bond acceptors (Lipinski definition) is 1. The van der Waals surface area contributed by atoms with Crippen LogP contribution >= 0.6 is 23.2 Å². The van der Waals surface area contributed by atoms with E-state index in [9.17, 15) is 0 Å². The second-order valence-corrected chi connectivity index (χ2v) is 6.30. The second kappa shape index (κ2) is 5.40. The largest absolute Gasteiger partial charge is 0.319 e. The van der Waals surface area contributed by atoms with Gasteiger partial charge < -0.3 is 5.32 Å². The van der Waals surface area contributed by atoms with Gasteiger partial charge in [-0.1, -0.05) is 59.6 Å². The van der Waals surface area contributed by atoms with Crippen LogP contribution < -0.4 is 5.32 Å². The lowest BCUT2D eigenvalue weighted by molar-refractivity contribution is 0.605. The van der Waals surface area contributed by atoms with Crippen LogP contribution in [0.2, 0.25) is 10.0 Å². The summed E-state index contributed by atoms with van der Waals surface area (Å²) in [5, 5.41) is 4.60. The van der Waals surface area contributed by atoms with Gasteiger partial charge in [0.2, 0.25) is 0 Å². The van der Waals surface area contributed by atoms with Crippen LogP contribution in [0.15, 0.2) is 48.5 Å². The fourth-order valence-electron chi connectivity index (χ4n) is 3.17. The van der Waals surface area contributed by atoms with Crippen LogP contribution in [0.3, 0.4) is 0 Å². The van der Waals surface area contributed by atoms with Crippen molar-refractivity contribution in [3.63, 3.8) is 0 Å². The van der Waals surface area contributed by atoms with Gasteiger partial charge in [0.1, 0.15) is 0 Å². The third-order valence-electron chi connectivity index (χ3n) is 4.26. The third kappa shape index (κ3) is 2.35. The molecule has 0 heterocycles. The smallest absolute Gasteiger partial charge is 0.0595 e. The predicted octanol–water partition coefficient (Wildman–Crippen LogP) is 4.64. The molecular weight excluding hydrogens is 289 g/mol. The first-order valence-electron chi connectivity index (χ1n) is 6.82. The van der Waals surface area contributed by atoms with Crippen molar-refractivity contribution in [2.45, 2.75) is 17.8 Å². The molecule has 0 aromatic heterocycles. The fraction of sp³-hybridized carbons (Fsp3) is 0.294. The average molecular weight is 306 g/mol. The van der Waals surface area contributed by atoms with Gasteiger partial charge in [0, 0.05) is 12.0 Å². The molecule has 1 aliphatic carbocycles. The molecule has 0 aliphatic heterocycles. The fourth-order valence-corrected chi connectivity index (χ4v) is 3.48. The molecule has 0 spiro atoms. The minimum absolute atomic E-state index is 0.188. The van der Waals surface area contributed by atoms with Crippen LogP contribution in [0.4, 0.5) is 0 Å². The summed E-state index contributed by atoms with van der Waals surface area (Å²) in [4.78, 5) is 0. The molecule has 104 valence electrons. The van der Waals surface area contributed by atoms with Gasteiger partial charge in [-0.3, -0.25) is 0 Å². The number of nitrogens with one attached hydrogen (secondary N) is 1. The quantitative estimate of drug-likeness (QED) is 0.868. The SMILES string of the molecule is CNC[C@]1(c2ccccc2)CC1c1ccc(Cl)c(Cl)c1. The molecule has 20 heavy (non-hydrogen) atoms. The maximum Gasteiger partial charge on any atom is 0.0595 e. The molecule has 1 unspecified atom stereocenters. The number of halogens is 2. The molecule has 2 aromatic rings. The van der Waals surface area contributed by atoms with E-state index in [1.165, 1.54) is 11.1 Å². The van der Waals surface area contributed by atoms with E-state index < -0.39 is 0 Å². The van der Waals surface area contributed by atoms with Crippen molar-refractivity contribution in [2.75, 3.05) is 13.6 Å². The molecule has 2 atom stereocenters. The molecule has 1 aliphatic rings. The van der Waals surface area contributed by atoms with Crippen LogP contribution in [0.5, 0.6) is 0 Å². The highest BCUT2D eigenvalue weighted by atomic mass is 35.5. The molecule has 3 heteroatoms. The Morgan fingerprint density at radius 2 is 1.85 bits per heavy atom. The number of likely N-dealkylation sites (N-methyl/N-ethyl adjacent to an activating group) is 1. The van der Waals surface area contributed by atoms with E-state index in [1.54, 1.807) is 0 Å². The summed E-state index contributed by atoms with van der Waals surface area (Å²) in [7, 11) is 2.01. The zero-order valence-electron chi connectivity index (χ0n) is 11.4. The van der Waals surface area contributed by atoms with Crippen molar-refractivity contribution in [1.29, 1.82) is 0 Å². The van der Waals surface area contributed by atoms with Gasteiger partial charge in [-0.25, -0.2) is 0 Å². The number of hydrogen-bond donors (Lipinski definition) is 1. The van der Waals surface area contributed by atoms with E-state index in [4.69, 9.17) is 23.2 Å². The van der Waals surface area contributed by atoms with Crippen LogP contribution in [-0.2, 0) is 5.41 Å². The van der Waals surface area contributed by atoms with Crippen LogP contribution in [-0.4, -0.2) is 13.6 Å². The Morgan fingerprint density at radius 1 is 1.10 bits per heavy atom. The summed E-state index contributed by atoms with van der Waals surface area (Å²) >= 11 is 12.2. The highest BCUT2D eigenvalue weighted by molar-refractivity contribution is 6.42. The second-order valence-electron chi connectivity index (χ2n) is 5.48. The average Bonchev–Trinajstić information content (AvgIpc) is 3.19. The molecular formula is C17H17Cl2N. The molecule has 0 radical (unpaired) electrons. The molecule has 0 bridgehead atoms. The van der Waals surface area contributed by atoms with E-state index in [0.29, 0.717) is 16.0 Å². The van der Waals surface area contributed by atoms with E-state index in [-0.39, 0.29) is 5.41 Å². The Bertz CT molecular complexity index is 612. The minimum atomic E-state index is 0.188. The monoisotopic (exact) mass is 305 g/mol. The Hall–Kier alpha value is -1.02. The van der Waals surface area contributed by atoms with Gasteiger partial charge in [-0.05, 0) is 42.6 Å². The Morgan fingerprint density at radius 3 is 2.50 bits per heavy atom. The Labute approximate surface area is 129 Å². The van der Waals surface area contributed by atoms with Gasteiger partial charge in [0.05, 0.1) is 10.0 Å². The van der Waals surface area contributed by atoms with Crippen molar-refractivity contribution < 1.29 is 0 Å². The van der Waals surface area contributed by atoms with Crippen molar-refractivity contribution in [1.82, 2.24) is 5.32 Å².